The summed E-state index contributed by atoms with van der Waals surface area (Å²) in [5, 5.41) is 70.6. The Morgan fingerprint density at radius 3 is 1.98 bits per heavy atom. The van der Waals surface area contributed by atoms with E-state index in [0.29, 0.717) is 12.8 Å². The molecule has 10 atom stereocenters. The van der Waals surface area contributed by atoms with E-state index in [-0.39, 0.29) is 19.4 Å². The third-order valence-electron chi connectivity index (χ3n) is 7.98. The highest BCUT2D eigenvalue weighted by Crippen LogP contribution is 2.29. The number of rotatable bonds is 23. The number of hydrogen-bond acceptors (Lipinski definition) is 13. The molecule has 0 bridgehead atoms. The lowest BCUT2D eigenvalue weighted by molar-refractivity contribution is -0.352. The number of unbranched alkanes of at least 4 members (excludes halogenated alkanes) is 4. The highest BCUT2D eigenvalue weighted by Gasteiger charge is 2.49. The first-order valence-electron chi connectivity index (χ1n) is 17.2. The Kier molecular flexibility index (Phi) is 22.0. The average molecular weight is 687 g/mol. The van der Waals surface area contributed by atoms with Crippen LogP contribution in [-0.2, 0) is 28.5 Å². The summed E-state index contributed by atoms with van der Waals surface area (Å²) in [4.78, 5) is 12.3. The minimum absolute atomic E-state index is 0.0484. The lowest BCUT2D eigenvalue weighted by Crippen LogP contribution is -2.63. The van der Waals surface area contributed by atoms with Crippen LogP contribution in [0.4, 0.5) is 0 Å². The van der Waals surface area contributed by atoms with Crippen LogP contribution in [0.3, 0.4) is 0 Å². The molecule has 2 aliphatic heterocycles. The molecule has 2 saturated heterocycles. The van der Waals surface area contributed by atoms with Gasteiger partial charge >= 0.3 is 5.97 Å². The molecule has 0 aromatic rings. The zero-order valence-corrected chi connectivity index (χ0v) is 28.1. The van der Waals surface area contributed by atoms with E-state index in [1.54, 1.807) is 0 Å². The predicted octanol–water partition coefficient (Wildman–Crippen LogP) is 1.71. The fraction of sp³-hybridized carbons (Fsp3) is 0.743. The van der Waals surface area contributed by atoms with Crippen molar-refractivity contribution in [3.63, 3.8) is 0 Å². The van der Waals surface area contributed by atoms with Crippen LogP contribution in [0.25, 0.3) is 0 Å². The Morgan fingerprint density at radius 1 is 0.771 bits per heavy atom. The van der Waals surface area contributed by atoms with Crippen molar-refractivity contribution >= 4 is 5.97 Å². The zero-order valence-electron chi connectivity index (χ0n) is 28.1. The molecule has 2 heterocycles. The van der Waals surface area contributed by atoms with Crippen molar-refractivity contribution in [3.8, 4) is 0 Å². The van der Waals surface area contributed by atoms with Gasteiger partial charge < -0.3 is 59.4 Å². The number of hydrogen-bond donors (Lipinski definition) is 7. The number of ether oxygens (including phenoxy) is 5. The normalized spacial score (nSPS) is 30.6. The van der Waals surface area contributed by atoms with Crippen LogP contribution >= 0.6 is 0 Å². The molecule has 0 aromatic carbocycles. The molecule has 0 saturated carbocycles. The molecule has 48 heavy (non-hydrogen) atoms. The molecule has 0 radical (unpaired) electrons. The van der Waals surface area contributed by atoms with E-state index in [1.807, 2.05) is 12.2 Å². The molecule has 0 aliphatic carbocycles. The first kappa shape index (κ1) is 42.2. The molecule has 2 aliphatic rings. The maximum atomic E-state index is 12.3. The highest BCUT2D eigenvalue weighted by molar-refractivity contribution is 5.69. The molecule has 0 aromatic heterocycles. The second kappa shape index (κ2) is 25.0. The molecule has 2 fully saturated rings. The second-order valence-electron chi connectivity index (χ2n) is 12.0. The average Bonchev–Trinajstić information content (AvgIpc) is 3.08. The van der Waals surface area contributed by atoms with Crippen molar-refractivity contribution in [1.29, 1.82) is 0 Å². The number of esters is 1. The van der Waals surface area contributed by atoms with E-state index in [1.165, 1.54) is 19.3 Å². The minimum atomic E-state index is -1.68. The fourth-order valence-electron chi connectivity index (χ4n) is 5.15. The van der Waals surface area contributed by atoms with Gasteiger partial charge in [0.05, 0.1) is 38.6 Å². The predicted molar refractivity (Wildman–Crippen MR) is 176 cm³/mol. The Morgan fingerprint density at radius 2 is 1.40 bits per heavy atom. The first-order chi connectivity index (χ1) is 23.2. The Labute approximate surface area is 284 Å². The van der Waals surface area contributed by atoms with Crippen LogP contribution in [0, 0.1) is 0 Å². The van der Waals surface area contributed by atoms with E-state index in [2.05, 4.69) is 43.4 Å². The van der Waals surface area contributed by atoms with Gasteiger partial charge in [0, 0.05) is 12.8 Å². The van der Waals surface area contributed by atoms with E-state index in [0.717, 1.165) is 25.7 Å². The summed E-state index contributed by atoms with van der Waals surface area (Å²) in [5.74, 6) is -0.538. The van der Waals surface area contributed by atoms with Crippen LogP contribution < -0.4 is 0 Å². The Balaban J connectivity index is 1.69. The van der Waals surface area contributed by atoms with Crippen LogP contribution in [0.5, 0.6) is 0 Å². The highest BCUT2D eigenvalue weighted by atomic mass is 16.7. The van der Waals surface area contributed by atoms with Crippen LogP contribution in [0.2, 0.25) is 0 Å². The van der Waals surface area contributed by atoms with E-state index < -0.39 is 87.2 Å². The Bertz CT molecular complexity index is 970. The van der Waals surface area contributed by atoms with Crippen molar-refractivity contribution in [3.05, 3.63) is 48.6 Å². The summed E-state index contributed by atoms with van der Waals surface area (Å²) in [6, 6.07) is 0. The van der Waals surface area contributed by atoms with Gasteiger partial charge in [0.15, 0.2) is 12.6 Å². The van der Waals surface area contributed by atoms with Gasteiger partial charge in [0.2, 0.25) is 0 Å². The number of allylic oxidation sites excluding steroid dienone is 8. The van der Waals surface area contributed by atoms with Gasteiger partial charge in [0.1, 0.15) is 36.6 Å². The van der Waals surface area contributed by atoms with Crippen molar-refractivity contribution < 1.29 is 64.2 Å². The minimum Gasteiger partial charge on any atom is -0.457 e. The van der Waals surface area contributed by atoms with Crippen molar-refractivity contribution in [1.82, 2.24) is 0 Å². The molecule has 276 valence electrons. The van der Waals surface area contributed by atoms with Crippen LogP contribution in [0.15, 0.2) is 48.6 Å². The first-order valence-corrected chi connectivity index (χ1v) is 17.2. The lowest BCUT2D eigenvalue weighted by Gasteiger charge is -2.45. The summed E-state index contributed by atoms with van der Waals surface area (Å²) in [7, 11) is 0. The van der Waals surface area contributed by atoms with E-state index >= 15 is 0 Å². The monoisotopic (exact) mass is 686 g/mol. The fourth-order valence-corrected chi connectivity index (χ4v) is 5.15. The van der Waals surface area contributed by atoms with Gasteiger partial charge in [-0.2, -0.15) is 0 Å². The Hall–Kier alpha value is -2.01. The summed E-state index contributed by atoms with van der Waals surface area (Å²) in [6.07, 6.45) is 12.1. The lowest BCUT2D eigenvalue weighted by atomic mass is 9.98. The third kappa shape index (κ3) is 15.7. The smallest absolute Gasteiger partial charge is 0.306 e. The van der Waals surface area contributed by atoms with Gasteiger partial charge in [-0.1, -0.05) is 68.4 Å². The van der Waals surface area contributed by atoms with Gasteiger partial charge in [-0.05, 0) is 44.9 Å². The maximum absolute atomic E-state index is 12.3. The number of aliphatic hydroxyl groups is 7. The van der Waals surface area contributed by atoms with Gasteiger partial charge in [-0.3, -0.25) is 4.79 Å². The quantitative estimate of drug-likeness (QED) is 0.0465. The third-order valence-corrected chi connectivity index (χ3v) is 7.98. The molecular formula is C35H58O13. The summed E-state index contributed by atoms with van der Waals surface area (Å²) >= 11 is 0. The molecule has 2 rings (SSSR count). The largest absolute Gasteiger partial charge is 0.457 e. The molecule has 13 nitrogen and oxygen atoms in total. The number of carbonyl (C=O) groups is 1. The maximum Gasteiger partial charge on any atom is 0.306 e. The summed E-state index contributed by atoms with van der Waals surface area (Å²) < 4.78 is 27.3. The standard InChI is InChI=1S/C35H58O13/c1-2-3-4-5-6-7-8-9-10-11-12-13-14-15-16-17-18-19-29(40)45-26(22-37)24-44-34-32(43)33(31(42)28(23-38)47-34)48-35-30(41)27(39)20-25(21-36)46-35/h6-7,9-10,12-13,15-16,25-28,30-39,41-43H,2-5,8,11,14,17-24H2,1H3/b7-6-,10-9-,13-12-,16-15-/t25-,26?,27-,28+,30+,31+,32+,33-,34+,35-/m0/s1. The van der Waals surface area contributed by atoms with Gasteiger partial charge in [-0.15, -0.1) is 0 Å². The van der Waals surface area contributed by atoms with Gasteiger partial charge in [-0.25, -0.2) is 0 Å². The number of aliphatic hydroxyl groups excluding tert-OH is 7. The second-order valence-corrected chi connectivity index (χ2v) is 12.0. The summed E-state index contributed by atoms with van der Waals surface area (Å²) in [5.41, 5.74) is 0. The summed E-state index contributed by atoms with van der Waals surface area (Å²) in [6.45, 7) is 0.121. The SMILES string of the molecule is CCCCC/C=C\C/C=C\C/C=C\C/C=C\CCCC(=O)OC(CO)CO[C@@H]1O[C@H](CO)[C@@H](O)[C@H](O[C@@H]2O[C@H](CO)C[C@H](O)[C@H]2O)[C@H]1O. The van der Waals surface area contributed by atoms with E-state index in [9.17, 15) is 40.5 Å². The molecule has 13 heteroatoms. The topological polar surface area (TPSA) is 205 Å². The zero-order chi connectivity index (χ0) is 35.1. The number of carbonyl (C=O) groups excluding carboxylic acids is 1. The van der Waals surface area contributed by atoms with Crippen molar-refractivity contribution in [2.24, 2.45) is 0 Å². The molecular weight excluding hydrogens is 628 g/mol. The van der Waals surface area contributed by atoms with Crippen molar-refractivity contribution in [2.75, 3.05) is 26.4 Å². The van der Waals surface area contributed by atoms with E-state index in [4.69, 9.17) is 23.7 Å². The molecule has 0 amide bonds. The molecule has 1 unspecified atom stereocenters. The van der Waals surface area contributed by atoms with Gasteiger partial charge in [0.25, 0.3) is 0 Å². The molecule has 7 N–H and O–H groups in total. The van der Waals surface area contributed by atoms with Crippen LogP contribution in [0.1, 0.15) is 77.6 Å². The molecule has 0 spiro atoms. The van der Waals surface area contributed by atoms with Crippen molar-refractivity contribution in [2.45, 2.75) is 139 Å². The van der Waals surface area contributed by atoms with Crippen LogP contribution in [-0.4, -0.2) is 130 Å².